The molecule has 4 aliphatic rings. The average Bonchev–Trinajstić information content (AvgIpc) is 3.50. The van der Waals surface area contributed by atoms with Crippen LogP contribution in [0.2, 0.25) is 0 Å². The monoisotopic (exact) mass is 611 g/mol. The number of esters is 1. The van der Waals surface area contributed by atoms with E-state index in [9.17, 15) is 19.1 Å². The smallest absolute Gasteiger partial charge is 0.333 e. The Hall–Kier alpha value is -3.07. The molecule has 0 radical (unpaired) electrons. The van der Waals surface area contributed by atoms with Crippen molar-refractivity contribution < 1.29 is 33.0 Å². The number of fused-ring (bicyclic) bond motifs is 6. The maximum absolute atomic E-state index is 18.0. The van der Waals surface area contributed by atoms with E-state index in [1.807, 2.05) is 26.0 Å². The van der Waals surface area contributed by atoms with Crippen LogP contribution < -0.4 is 0 Å². The van der Waals surface area contributed by atoms with Crippen molar-refractivity contribution in [1.29, 1.82) is 5.26 Å². The highest BCUT2D eigenvalue weighted by molar-refractivity contribution is 8.14. The molecule has 11 heteroatoms. The van der Waals surface area contributed by atoms with Gasteiger partial charge in [-0.2, -0.15) is 10.4 Å². The topological polar surface area (TPSA) is 114 Å². The lowest BCUT2D eigenvalue weighted by Crippen LogP contribution is -2.70. The Morgan fingerprint density at radius 3 is 2.67 bits per heavy atom. The van der Waals surface area contributed by atoms with E-state index >= 15 is 4.39 Å². The number of rotatable bonds is 6. The number of nitriles is 1. The summed E-state index contributed by atoms with van der Waals surface area (Å²) in [7, 11) is 1.36. The van der Waals surface area contributed by atoms with Crippen LogP contribution >= 0.6 is 11.8 Å². The number of hydrogen-bond donors (Lipinski definition) is 1. The number of nitrogens with zero attached hydrogens (tertiary/aromatic N) is 3. The number of methoxy groups -OCH3 is 1. The van der Waals surface area contributed by atoms with E-state index in [-0.39, 0.29) is 36.9 Å². The van der Waals surface area contributed by atoms with Crippen LogP contribution in [-0.2, 0) is 25.5 Å². The molecule has 43 heavy (non-hydrogen) atoms. The first-order valence-electron chi connectivity index (χ1n) is 14.6. The minimum Gasteiger partial charge on any atom is -0.448 e. The number of thioether (sulfide) groups is 1. The van der Waals surface area contributed by atoms with E-state index in [1.54, 1.807) is 23.0 Å². The first kappa shape index (κ1) is 30.0. The van der Waals surface area contributed by atoms with Gasteiger partial charge in [0.2, 0.25) is 5.12 Å². The van der Waals surface area contributed by atoms with Gasteiger partial charge in [0.1, 0.15) is 18.1 Å². The maximum Gasteiger partial charge on any atom is 0.333 e. The Kier molecular flexibility index (Phi) is 7.34. The van der Waals surface area contributed by atoms with Crippen molar-refractivity contribution in [1.82, 2.24) is 9.78 Å². The molecular weight excluding hydrogens is 576 g/mol. The number of aliphatic hydroxyl groups is 1. The summed E-state index contributed by atoms with van der Waals surface area (Å²) in [5.41, 5.74) is -2.44. The molecule has 6 rings (SSSR count). The third-order valence-corrected chi connectivity index (χ3v) is 11.8. The number of aliphatic hydroxyl groups excluding tert-OH is 1. The molecule has 3 fully saturated rings. The van der Waals surface area contributed by atoms with Gasteiger partial charge in [0.15, 0.2) is 5.60 Å². The number of hydrogen-bond acceptors (Lipinski definition) is 8. The second kappa shape index (κ2) is 10.5. The standard InChI is InChI=1S/C32H35F2N3O5S/c1-29-15-19-17-36-37(22-7-5-21(33)6-8-22)25(19)14-20(29)4-9-24-23-10-11-31(28(40)43-13-12-35,42-27(39)18-41-3)30(23,2)16-26(38)32(24,29)34/h5-8,14,17,23-24,26,38H,4,9-11,13,15-16,18H2,1-3H3/t23-,24-,26-,29-,30-,31-,32-/m0/s1. The van der Waals surface area contributed by atoms with Crippen molar-refractivity contribution in [2.24, 2.45) is 22.7 Å². The van der Waals surface area contributed by atoms with E-state index in [4.69, 9.17) is 14.7 Å². The maximum atomic E-state index is 18.0. The van der Waals surface area contributed by atoms with E-state index in [2.05, 4.69) is 5.10 Å². The van der Waals surface area contributed by atoms with Gasteiger partial charge in [-0.1, -0.05) is 31.2 Å². The van der Waals surface area contributed by atoms with Crippen LogP contribution in [0.4, 0.5) is 8.78 Å². The Morgan fingerprint density at radius 2 is 1.98 bits per heavy atom. The molecular formula is C32H35F2N3O5S. The summed E-state index contributed by atoms with van der Waals surface area (Å²) in [5, 5.41) is 25.1. The molecule has 3 saturated carbocycles. The summed E-state index contributed by atoms with van der Waals surface area (Å²) in [5.74, 6) is -2.09. The lowest BCUT2D eigenvalue weighted by Gasteiger charge is -2.63. The van der Waals surface area contributed by atoms with Gasteiger partial charge in [0.25, 0.3) is 0 Å². The van der Waals surface area contributed by atoms with E-state index in [0.29, 0.717) is 31.4 Å². The Bertz CT molecular complexity index is 1540. The first-order chi connectivity index (χ1) is 20.4. The summed E-state index contributed by atoms with van der Waals surface area (Å²) in [6.45, 7) is 3.36. The Balaban J connectivity index is 1.38. The van der Waals surface area contributed by atoms with Crippen molar-refractivity contribution in [3.05, 3.63) is 53.1 Å². The van der Waals surface area contributed by atoms with Crippen molar-refractivity contribution in [2.45, 2.75) is 69.7 Å². The van der Waals surface area contributed by atoms with Crippen LogP contribution in [0, 0.1) is 39.8 Å². The van der Waals surface area contributed by atoms with Gasteiger partial charge in [-0.3, -0.25) is 4.79 Å². The predicted octanol–water partition coefficient (Wildman–Crippen LogP) is 4.97. The molecule has 1 aromatic heterocycles. The number of alkyl halides is 1. The van der Waals surface area contributed by atoms with Gasteiger partial charge in [0, 0.05) is 23.9 Å². The first-order valence-corrected chi connectivity index (χ1v) is 15.6. The molecule has 0 amide bonds. The third kappa shape index (κ3) is 4.16. The summed E-state index contributed by atoms with van der Waals surface area (Å²) < 4.78 is 44.2. The molecule has 1 heterocycles. The molecule has 0 bridgehead atoms. The quantitative estimate of drug-likeness (QED) is 0.456. The second-order valence-electron chi connectivity index (χ2n) is 12.8. The molecule has 228 valence electrons. The number of ether oxygens (including phenoxy) is 2. The lowest BCUT2D eigenvalue weighted by molar-refractivity contribution is -0.229. The molecule has 4 aliphatic carbocycles. The fourth-order valence-corrected chi connectivity index (χ4v) is 9.74. The summed E-state index contributed by atoms with van der Waals surface area (Å²) in [6, 6.07) is 8.00. The second-order valence-corrected chi connectivity index (χ2v) is 13.7. The average molecular weight is 612 g/mol. The van der Waals surface area contributed by atoms with Gasteiger partial charge in [0.05, 0.1) is 35.5 Å². The van der Waals surface area contributed by atoms with Crippen molar-refractivity contribution in [3.63, 3.8) is 0 Å². The Morgan fingerprint density at radius 1 is 1.23 bits per heavy atom. The summed E-state index contributed by atoms with van der Waals surface area (Å²) >= 11 is 0.795. The lowest BCUT2D eigenvalue weighted by atomic mass is 9.44. The van der Waals surface area contributed by atoms with Gasteiger partial charge in [-0.15, -0.1) is 0 Å². The highest BCUT2D eigenvalue weighted by atomic mass is 32.2. The zero-order valence-electron chi connectivity index (χ0n) is 24.4. The molecule has 0 saturated heterocycles. The molecule has 2 aromatic rings. The van der Waals surface area contributed by atoms with E-state index < -0.39 is 45.2 Å². The zero-order chi connectivity index (χ0) is 30.8. The molecule has 1 aromatic carbocycles. The van der Waals surface area contributed by atoms with Crippen LogP contribution in [0.3, 0.4) is 0 Å². The minimum atomic E-state index is -2.01. The van der Waals surface area contributed by atoms with Crippen molar-refractivity contribution in [2.75, 3.05) is 19.5 Å². The van der Waals surface area contributed by atoms with Gasteiger partial charge in [-0.05, 0) is 80.3 Å². The minimum absolute atomic E-state index is 0.0750. The van der Waals surface area contributed by atoms with E-state index in [1.165, 1.54) is 19.2 Å². The van der Waals surface area contributed by atoms with Gasteiger partial charge in [-0.25, -0.2) is 18.3 Å². The number of benzene rings is 1. The summed E-state index contributed by atoms with van der Waals surface area (Å²) in [4.78, 5) is 26.5. The number of carbonyl (C=O) groups excluding carboxylic acids is 2. The van der Waals surface area contributed by atoms with Crippen LogP contribution in [0.15, 0.2) is 36.0 Å². The largest absolute Gasteiger partial charge is 0.448 e. The van der Waals surface area contributed by atoms with Crippen LogP contribution in [-0.4, -0.2) is 62.8 Å². The predicted molar refractivity (Wildman–Crippen MR) is 155 cm³/mol. The normalized spacial score (nSPS) is 35.9. The summed E-state index contributed by atoms with van der Waals surface area (Å²) in [6.07, 6.45) is 4.18. The highest BCUT2D eigenvalue weighted by Crippen LogP contribution is 2.71. The van der Waals surface area contributed by atoms with E-state index in [0.717, 1.165) is 28.6 Å². The third-order valence-electron chi connectivity index (χ3n) is 10.9. The number of aromatic nitrogens is 2. The molecule has 0 unspecified atom stereocenters. The fourth-order valence-electron chi connectivity index (χ4n) is 8.93. The van der Waals surface area contributed by atoms with Gasteiger partial charge < -0.3 is 14.6 Å². The number of halogens is 2. The Labute approximate surface area is 253 Å². The molecule has 0 spiro atoms. The van der Waals surface area contributed by atoms with Crippen LogP contribution in [0.5, 0.6) is 0 Å². The highest BCUT2D eigenvalue weighted by Gasteiger charge is 2.76. The molecule has 8 nitrogen and oxygen atoms in total. The zero-order valence-corrected chi connectivity index (χ0v) is 25.3. The van der Waals surface area contributed by atoms with Crippen molar-refractivity contribution in [3.8, 4) is 11.8 Å². The SMILES string of the molecule is COCC(=O)O[C@]1(C(=O)SCC#N)CC[C@H]2[C@@H]3CCC4=Cc5c(cnn5-c5ccc(F)cc5)C[C@]4(C)[C@@]3(F)[C@@H](O)C[C@@]21C. The molecule has 7 atom stereocenters. The van der Waals surface area contributed by atoms with Crippen molar-refractivity contribution >= 4 is 28.9 Å². The molecule has 1 N–H and O–H groups in total. The van der Waals surface area contributed by atoms with Crippen LogP contribution in [0.25, 0.3) is 11.8 Å². The fraction of sp³-hybridized carbons (Fsp3) is 0.562. The number of carbonyl (C=O) groups is 2. The number of allylic oxidation sites excluding steroid dienone is 1. The van der Waals surface area contributed by atoms with Crippen LogP contribution in [0.1, 0.15) is 57.2 Å². The van der Waals surface area contributed by atoms with Gasteiger partial charge >= 0.3 is 5.97 Å². The molecule has 0 aliphatic heterocycles.